The number of anilines is 1. The third-order valence-electron chi connectivity index (χ3n) is 3.45. The molecule has 0 saturated heterocycles. The van der Waals surface area contributed by atoms with Crippen molar-refractivity contribution in [1.82, 2.24) is 5.32 Å². The molecule has 5 nitrogen and oxygen atoms in total. The Balaban J connectivity index is 2.05. The summed E-state index contributed by atoms with van der Waals surface area (Å²) in [4.78, 5) is 24.6. The van der Waals surface area contributed by atoms with Gasteiger partial charge in [0.05, 0.1) is 10.6 Å². The Hall–Kier alpha value is -2.34. The standard InChI is InChI=1S/C21H25BrN2O3/c1-13(2)27-18-11-8-15(12-17(18)22)19(25)23-16-9-6-14(7-10-16)20(26)24-21(3,4)5/h6-13H,1-5H3,(H,23,25)(H,24,26). The topological polar surface area (TPSA) is 67.4 Å². The van der Waals surface area contributed by atoms with Gasteiger partial charge in [0, 0.05) is 22.4 Å². The van der Waals surface area contributed by atoms with Gasteiger partial charge < -0.3 is 15.4 Å². The zero-order chi connectivity index (χ0) is 20.2. The predicted molar refractivity (Wildman–Crippen MR) is 112 cm³/mol. The molecule has 0 aliphatic heterocycles. The van der Waals surface area contributed by atoms with Gasteiger partial charge in [0.15, 0.2) is 0 Å². The molecule has 0 radical (unpaired) electrons. The lowest BCUT2D eigenvalue weighted by Gasteiger charge is -2.20. The zero-order valence-electron chi connectivity index (χ0n) is 16.2. The molecule has 0 heterocycles. The molecule has 2 aromatic carbocycles. The fourth-order valence-electron chi connectivity index (χ4n) is 2.31. The van der Waals surface area contributed by atoms with E-state index in [0.29, 0.717) is 22.6 Å². The minimum Gasteiger partial charge on any atom is -0.490 e. The summed E-state index contributed by atoms with van der Waals surface area (Å²) in [6.07, 6.45) is 0.0509. The van der Waals surface area contributed by atoms with Crippen molar-refractivity contribution in [1.29, 1.82) is 0 Å². The summed E-state index contributed by atoms with van der Waals surface area (Å²) in [6.45, 7) is 9.66. The van der Waals surface area contributed by atoms with Gasteiger partial charge in [-0.15, -0.1) is 0 Å². The van der Waals surface area contributed by atoms with Crippen molar-refractivity contribution in [3.8, 4) is 5.75 Å². The van der Waals surface area contributed by atoms with Crippen molar-refractivity contribution in [2.75, 3.05) is 5.32 Å². The van der Waals surface area contributed by atoms with Crippen LogP contribution in [0.15, 0.2) is 46.9 Å². The van der Waals surface area contributed by atoms with Gasteiger partial charge in [-0.2, -0.15) is 0 Å². The smallest absolute Gasteiger partial charge is 0.255 e. The molecule has 0 atom stereocenters. The van der Waals surface area contributed by atoms with E-state index in [1.54, 1.807) is 42.5 Å². The molecule has 6 heteroatoms. The van der Waals surface area contributed by atoms with Gasteiger partial charge in [-0.25, -0.2) is 0 Å². The first-order valence-electron chi connectivity index (χ1n) is 8.75. The molecule has 0 spiro atoms. The lowest BCUT2D eigenvalue weighted by atomic mass is 10.1. The van der Waals surface area contributed by atoms with Crippen LogP contribution in [0, 0.1) is 0 Å². The van der Waals surface area contributed by atoms with Gasteiger partial charge in [0.1, 0.15) is 5.75 Å². The van der Waals surface area contributed by atoms with Crippen LogP contribution >= 0.6 is 15.9 Å². The number of ether oxygens (including phenoxy) is 1. The molecule has 0 saturated carbocycles. The van der Waals surface area contributed by atoms with E-state index >= 15 is 0 Å². The summed E-state index contributed by atoms with van der Waals surface area (Å²) in [6, 6.07) is 12.0. The van der Waals surface area contributed by atoms with Gasteiger partial charge in [-0.1, -0.05) is 0 Å². The number of amides is 2. The van der Waals surface area contributed by atoms with E-state index < -0.39 is 0 Å². The van der Waals surface area contributed by atoms with E-state index in [1.807, 2.05) is 34.6 Å². The summed E-state index contributed by atoms with van der Waals surface area (Å²) in [5.74, 6) is 0.305. The van der Waals surface area contributed by atoms with E-state index in [0.717, 1.165) is 4.47 Å². The highest BCUT2D eigenvalue weighted by molar-refractivity contribution is 9.10. The highest BCUT2D eigenvalue weighted by Gasteiger charge is 2.15. The molecule has 27 heavy (non-hydrogen) atoms. The number of carbonyl (C=O) groups is 2. The van der Waals surface area contributed by atoms with E-state index in [2.05, 4.69) is 26.6 Å². The Morgan fingerprint density at radius 3 is 2.07 bits per heavy atom. The molecule has 2 aromatic rings. The fraction of sp³-hybridized carbons (Fsp3) is 0.333. The Morgan fingerprint density at radius 1 is 0.963 bits per heavy atom. The second-order valence-corrected chi connectivity index (χ2v) is 8.40. The van der Waals surface area contributed by atoms with Crippen LogP contribution < -0.4 is 15.4 Å². The average Bonchev–Trinajstić information content (AvgIpc) is 2.55. The van der Waals surface area contributed by atoms with Crippen LogP contribution in [-0.2, 0) is 0 Å². The predicted octanol–water partition coefficient (Wildman–Crippen LogP) is 5.02. The minimum atomic E-state index is -0.303. The molecule has 0 aliphatic rings. The van der Waals surface area contributed by atoms with Gasteiger partial charge in [-0.3, -0.25) is 9.59 Å². The third kappa shape index (κ3) is 6.40. The number of halogens is 1. The summed E-state index contributed by atoms with van der Waals surface area (Å²) in [5.41, 5.74) is 1.36. The van der Waals surface area contributed by atoms with Crippen LogP contribution in [0.4, 0.5) is 5.69 Å². The van der Waals surface area contributed by atoms with Gasteiger partial charge in [0.25, 0.3) is 11.8 Å². The zero-order valence-corrected chi connectivity index (χ0v) is 17.8. The van der Waals surface area contributed by atoms with E-state index in [9.17, 15) is 9.59 Å². The summed E-state index contributed by atoms with van der Waals surface area (Å²) < 4.78 is 6.37. The largest absolute Gasteiger partial charge is 0.490 e. The maximum atomic E-state index is 12.5. The molecule has 2 N–H and O–H groups in total. The Morgan fingerprint density at radius 2 is 1.56 bits per heavy atom. The van der Waals surface area contributed by atoms with Crippen LogP contribution in [0.1, 0.15) is 55.3 Å². The number of carbonyl (C=O) groups excluding carboxylic acids is 2. The average molecular weight is 433 g/mol. The lowest BCUT2D eigenvalue weighted by molar-refractivity contribution is 0.0919. The highest BCUT2D eigenvalue weighted by atomic mass is 79.9. The molecule has 0 aliphatic carbocycles. The Kier molecular flexibility index (Phi) is 6.65. The molecule has 0 fully saturated rings. The summed E-state index contributed by atoms with van der Waals surface area (Å²) in [5, 5.41) is 5.73. The highest BCUT2D eigenvalue weighted by Crippen LogP contribution is 2.27. The monoisotopic (exact) mass is 432 g/mol. The van der Waals surface area contributed by atoms with Gasteiger partial charge in [-0.05, 0) is 93.0 Å². The first-order valence-corrected chi connectivity index (χ1v) is 9.54. The molecular weight excluding hydrogens is 408 g/mol. The number of hydrogen-bond acceptors (Lipinski definition) is 3. The van der Waals surface area contributed by atoms with E-state index in [1.165, 1.54) is 0 Å². The lowest BCUT2D eigenvalue weighted by Crippen LogP contribution is -2.40. The van der Waals surface area contributed by atoms with Crippen molar-refractivity contribution in [2.24, 2.45) is 0 Å². The maximum absolute atomic E-state index is 12.5. The minimum absolute atomic E-state index is 0.0509. The number of rotatable bonds is 5. The van der Waals surface area contributed by atoms with Crippen LogP contribution in [-0.4, -0.2) is 23.5 Å². The third-order valence-corrected chi connectivity index (χ3v) is 4.07. The Bertz CT molecular complexity index is 824. The van der Waals surface area contributed by atoms with Crippen molar-refractivity contribution in [2.45, 2.75) is 46.3 Å². The first kappa shape index (κ1) is 21.0. The number of benzene rings is 2. The van der Waals surface area contributed by atoms with E-state index in [-0.39, 0.29) is 23.5 Å². The van der Waals surface area contributed by atoms with Crippen LogP contribution in [0.2, 0.25) is 0 Å². The quantitative estimate of drug-likeness (QED) is 0.696. The van der Waals surface area contributed by atoms with E-state index in [4.69, 9.17) is 4.74 Å². The van der Waals surface area contributed by atoms with Crippen LogP contribution in [0.5, 0.6) is 5.75 Å². The fourth-order valence-corrected chi connectivity index (χ4v) is 2.78. The van der Waals surface area contributed by atoms with Crippen LogP contribution in [0.3, 0.4) is 0 Å². The molecule has 2 amide bonds. The van der Waals surface area contributed by atoms with Crippen molar-refractivity contribution < 1.29 is 14.3 Å². The second kappa shape index (κ2) is 8.57. The second-order valence-electron chi connectivity index (χ2n) is 7.55. The summed E-state index contributed by atoms with van der Waals surface area (Å²) >= 11 is 3.43. The molecule has 0 aromatic heterocycles. The SMILES string of the molecule is CC(C)Oc1ccc(C(=O)Nc2ccc(C(=O)NC(C)(C)C)cc2)cc1Br. The molecule has 0 unspecified atom stereocenters. The molecular formula is C21H25BrN2O3. The van der Waals surface area contributed by atoms with Crippen molar-refractivity contribution >= 4 is 33.4 Å². The molecule has 144 valence electrons. The molecule has 0 bridgehead atoms. The normalized spacial score (nSPS) is 11.2. The maximum Gasteiger partial charge on any atom is 0.255 e. The van der Waals surface area contributed by atoms with Gasteiger partial charge >= 0.3 is 0 Å². The molecule has 2 rings (SSSR count). The van der Waals surface area contributed by atoms with Crippen molar-refractivity contribution in [3.05, 3.63) is 58.1 Å². The first-order chi connectivity index (χ1) is 12.5. The van der Waals surface area contributed by atoms with Crippen LogP contribution in [0.25, 0.3) is 0 Å². The van der Waals surface area contributed by atoms with Crippen molar-refractivity contribution in [3.63, 3.8) is 0 Å². The summed E-state index contributed by atoms with van der Waals surface area (Å²) in [7, 11) is 0. The number of hydrogen-bond donors (Lipinski definition) is 2. The van der Waals surface area contributed by atoms with Gasteiger partial charge in [0.2, 0.25) is 0 Å². The Labute approximate surface area is 168 Å². The number of nitrogens with one attached hydrogen (secondary N) is 2.